The van der Waals surface area contributed by atoms with Crippen LogP contribution in [0.2, 0.25) is 0 Å². The minimum Gasteiger partial charge on any atom is -0.320 e. The molecule has 0 aliphatic rings. The molecule has 0 aliphatic carbocycles. The highest BCUT2D eigenvalue weighted by atomic mass is 32.2. The highest BCUT2D eigenvalue weighted by Gasteiger charge is 2.17. The Morgan fingerprint density at radius 2 is 1.89 bits per heavy atom. The first-order valence-electron chi connectivity index (χ1n) is 8.61. The van der Waals surface area contributed by atoms with E-state index in [0.717, 1.165) is 26.5 Å². The fourth-order valence-electron chi connectivity index (χ4n) is 3.02. The zero-order valence-electron chi connectivity index (χ0n) is 15.1. The minimum absolute atomic E-state index is 0.0802. The first kappa shape index (κ1) is 17.8. The van der Waals surface area contributed by atoms with Crippen LogP contribution in [0.4, 0.5) is 5.69 Å². The third-order valence-electron chi connectivity index (χ3n) is 4.36. The van der Waals surface area contributed by atoms with Crippen LogP contribution >= 0.6 is 23.1 Å². The standard InChI is InChI=1S/C21H19N3OS2/c1-14-16-12-19(20(25)22-17-10-6-7-11-18(17)26-2)27-21(16)24(23-14)13-15-8-4-3-5-9-15/h3-12H,13H2,1-2H3,(H,22,25). The normalized spacial score (nSPS) is 11.0. The van der Waals surface area contributed by atoms with Gasteiger partial charge in [0.15, 0.2) is 0 Å². The maximum absolute atomic E-state index is 12.8. The molecule has 0 saturated heterocycles. The maximum atomic E-state index is 12.8. The average Bonchev–Trinajstić information content (AvgIpc) is 3.25. The van der Waals surface area contributed by atoms with Gasteiger partial charge in [-0.1, -0.05) is 42.5 Å². The van der Waals surface area contributed by atoms with Crippen LogP contribution in [0.15, 0.2) is 65.6 Å². The molecule has 2 heterocycles. The highest BCUT2D eigenvalue weighted by molar-refractivity contribution is 7.98. The molecule has 0 fully saturated rings. The molecule has 0 unspecified atom stereocenters. The number of para-hydroxylation sites is 1. The van der Waals surface area contributed by atoms with Crippen molar-refractivity contribution in [3.05, 3.63) is 76.8 Å². The summed E-state index contributed by atoms with van der Waals surface area (Å²) >= 11 is 3.11. The molecule has 0 aliphatic heterocycles. The van der Waals surface area contributed by atoms with Crippen molar-refractivity contribution in [2.45, 2.75) is 18.4 Å². The van der Waals surface area contributed by atoms with E-state index in [4.69, 9.17) is 0 Å². The van der Waals surface area contributed by atoms with Crippen molar-refractivity contribution < 1.29 is 4.79 Å². The van der Waals surface area contributed by atoms with E-state index >= 15 is 0 Å². The Bertz CT molecular complexity index is 1100. The van der Waals surface area contributed by atoms with E-state index in [2.05, 4.69) is 22.5 Å². The van der Waals surface area contributed by atoms with Crippen LogP contribution in [0.3, 0.4) is 0 Å². The number of amides is 1. The van der Waals surface area contributed by atoms with Crippen LogP contribution in [-0.4, -0.2) is 21.9 Å². The molecule has 2 aromatic carbocycles. The first-order valence-corrected chi connectivity index (χ1v) is 10.6. The predicted octanol–water partition coefficient (Wildman–Crippen LogP) is 5.43. The number of fused-ring (bicyclic) bond motifs is 1. The Hall–Kier alpha value is -2.57. The van der Waals surface area contributed by atoms with Crippen LogP contribution in [0.25, 0.3) is 10.2 Å². The number of aryl methyl sites for hydroxylation is 1. The van der Waals surface area contributed by atoms with Gasteiger partial charge in [0, 0.05) is 10.3 Å². The molecule has 4 rings (SSSR count). The molecule has 4 nitrogen and oxygen atoms in total. The summed E-state index contributed by atoms with van der Waals surface area (Å²) in [7, 11) is 0. The topological polar surface area (TPSA) is 46.9 Å². The van der Waals surface area contributed by atoms with E-state index in [-0.39, 0.29) is 5.91 Å². The summed E-state index contributed by atoms with van der Waals surface area (Å²) in [6.45, 7) is 2.68. The Balaban J connectivity index is 1.63. The zero-order chi connectivity index (χ0) is 18.8. The molecule has 27 heavy (non-hydrogen) atoms. The lowest BCUT2D eigenvalue weighted by molar-refractivity contribution is 0.103. The quantitative estimate of drug-likeness (QED) is 0.460. The second-order valence-electron chi connectivity index (χ2n) is 6.21. The van der Waals surface area contributed by atoms with Gasteiger partial charge in [0.05, 0.1) is 22.8 Å². The van der Waals surface area contributed by atoms with E-state index in [9.17, 15) is 4.79 Å². The fourth-order valence-corrected chi connectivity index (χ4v) is 4.63. The van der Waals surface area contributed by atoms with Crippen LogP contribution in [0.1, 0.15) is 20.9 Å². The third-order valence-corrected chi connectivity index (χ3v) is 6.30. The summed E-state index contributed by atoms with van der Waals surface area (Å²) < 4.78 is 1.98. The number of nitrogens with one attached hydrogen (secondary N) is 1. The third kappa shape index (κ3) is 3.63. The van der Waals surface area contributed by atoms with Crippen molar-refractivity contribution in [3.8, 4) is 0 Å². The van der Waals surface area contributed by atoms with Gasteiger partial charge in [-0.05, 0) is 36.9 Å². The number of carbonyl (C=O) groups is 1. The number of thiophene rings is 1. The number of benzene rings is 2. The summed E-state index contributed by atoms with van der Waals surface area (Å²) in [6, 6.07) is 20.0. The molecular weight excluding hydrogens is 374 g/mol. The minimum atomic E-state index is -0.0802. The smallest absolute Gasteiger partial charge is 0.265 e. The van der Waals surface area contributed by atoms with Crippen LogP contribution in [-0.2, 0) is 6.54 Å². The molecule has 6 heteroatoms. The highest BCUT2D eigenvalue weighted by Crippen LogP contribution is 2.31. The van der Waals surface area contributed by atoms with Crippen molar-refractivity contribution >= 4 is 44.9 Å². The zero-order valence-corrected chi connectivity index (χ0v) is 16.7. The second-order valence-corrected chi connectivity index (χ2v) is 8.09. The molecule has 1 N–H and O–H groups in total. The number of aromatic nitrogens is 2. The van der Waals surface area contributed by atoms with E-state index in [1.54, 1.807) is 11.8 Å². The number of carbonyl (C=O) groups excluding carboxylic acids is 1. The largest absolute Gasteiger partial charge is 0.320 e. The number of hydrogen-bond acceptors (Lipinski definition) is 4. The lowest BCUT2D eigenvalue weighted by Crippen LogP contribution is -2.10. The number of rotatable bonds is 5. The molecule has 0 saturated carbocycles. The Morgan fingerprint density at radius 1 is 1.15 bits per heavy atom. The summed E-state index contributed by atoms with van der Waals surface area (Å²) in [6.07, 6.45) is 2.01. The van der Waals surface area contributed by atoms with Gasteiger partial charge in [-0.2, -0.15) is 5.10 Å². The maximum Gasteiger partial charge on any atom is 0.265 e. The molecule has 136 valence electrons. The Labute approximate surface area is 166 Å². The number of hydrogen-bond donors (Lipinski definition) is 1. The molecular formula is C21H19N3OS2. The molecule has 0 spiro atoms. The van der Waals surface area contributed by atoms with E-state index < -0.39 is 0 Å². The number of thioether (sulfide) groups is 1. The van der Waals surface area contributed by atoms with E-state index in [1.165, 1.54) is 16.9 Å². The van der Waals surface area contributed by atoms with Gasteiger partial charge in [0.25, 0.3) is 5.91 Å². The van der Waals surface area contributed by atoms with Gasteiger partial charge >= 0.3 is 0 Å². The van der Waals surface area contributed by atoms with Gasteiger partial charge in [-0.15, -0.1) is 23.1 Å². The second kappa shape index (κ2) is 7.58. The summed E-state index contributed by atoms with van der Waals surface area (Å²) in [5, 5.41) is 8.73. The molecule has 0 atom stereocenters. The number of nitrogens with zero attached hydrogens (tertiary/aromatic N) is 2. The van der Waals surface area contributed by atoms with Gasteiger partial charge < -0.3 is 5.32 Å². The molecule has 0 radical (unpaired) electrons. The van der Waals surface area contributed by atoms with Gasteiger partial charge in [-0.3, -0.25) is 9.48 Å². The van der Waals surface area contributed by atoms with E-state index in [0.29, 0.717) is 11.4 Å². The van der Waals surface area contributed by atoms with Gasteiger partial charge in [-0.25, -0.2) is 0 Å². The van der Waals surface area contributed by atoms with Crippen LogP contribution in [0, 0.1) is 6.92 Å². The van der Waals surface area contributed by atoms with Crippen molar-refractivity contribution in [2.75, 3.05) is 11.6 Å². The summed E-state index contributed by atoms with van der Waals surface area (Å²) in [4.78, 5) is 15.6. The summed E-state index contributed by atoms with van der Waals surface area (Å²) in [5.74, 6) is -0.0802. The van der Waals surface area contributed by atoms with Crippen LogP contribution < -0.4 is 5.32 Å². The summed E-state index contributed by atoms with van der Waals surface area (Å²) in [5.41, 5.74) is 2.98. The Morgan fingerprint density at radius 3 is 2.67 bits per heavy atom. The van der Waals surface area contributed by atoms with E-state index in [1.807, 2.05) is 66.4 Å². The molecule has 0 bridgehead atoms. The molecule has 1 amide bonds. The SMILES string of the molecule is CSc1ccccc1NC(=O)c1cc2c(C)nn(Cc3ccccc3)c2s1. The van der Waals surface area contributed by atoms with Crippen molar-refractivity contribution in [2.24, 2.45) is 0 Å². The predicted molar refractivity (Wildman–Crippen MR) is 114 cm³/mol. The fraction of sp³-hybridized carbons (Fsp3) is 0.143. The van der Waals surface area contributed by atoms with Crippen molar-refractivity contribution in [1.82, 2.24) is 9.78 Å². The first-order chi connectivity index (χ1) is 13.2. The van der Waals surface area contributed by atoms with Gasteiger partial charge in [0.1, 0.15) is 4.83 Å². The van der Waals surface area contributed by atoms with Crippen LogP contribution in [0.5, 0.6) is 0 Å². The lowest BCUT2D eigenvalue weighted by Gasteiger charge is -2.08. The van der Waals surface area contributed by atoms with Crippen molar-refractivity contribution in [3.63, 3.8) is 0 Å². The number of anilines is 1. The molecule has 2 aromatic heterocycles. The van der Waals surface area contributed by atoms with Gasteiger partial charge in [0.2, 0.25) is 0 Å². The Kier molecular flexibility index (Phi) is 5.01. The monoisotopic (exact) mass is 393 g/mol. The average molecular weight is 394 g/mol. The molecule has 4 aromatic rings. The lowest BCUT2D eigenvalue weighted by atomic mass is 10.2. The van der Waals surface area contributed by atoms with Crippen molar-refractivity contribution in [1.29, 1.82) is 0 Å².